The maximum atomic E-state index is 12.9. The number of halogens is 3. The molecule has 0 saturated heterocycles. The van der Waals surface area contributed by atoms with Gasteiger partial charge in [0.1, 0.15) is 18.7 Å². The highest BCUT2D eigenvalue weighted by molar-refractivity contribution is 9.10. The van der Waals surface area contributed by atoms with Gasteiger partial charge in [-0.1, -0.05) is 47.7 Å². The van der Waals surface area contributed by atoms with Crippen LogP contribution < -0.4 is 0 Å². The molecule has 2 unspecified atom stereocenters. The molecule has 0 fully saturated rings. The van der Waals surface area contributed by atoms with Gasteiger partial charge in [0.2, 0.25) is 0 Å². The van der Waals surface area contributed by atoms with E-state index < -0.39 is 14.2 Å². The summed E-state index contributed by atoms with van der Waals surface area (Å²) >= 11 is 3.48. The largest absolute Gasteiger partial charge is 0.361 e. The summed E-state index contributed by atoms with van der Waals surface area (Å²) in [6.07, 6.45) is 4.83. The fourth-order valence-electron chi connectivity index (χ4n) is 4.14. The fourth-order valence-corrected chi connectivity index (χ4v) is 5.31. The zero-order valence-corrected chi connectivity index (χ0v) is 22.8. The summed E-state index contributed by atoms with van der Waals surface area (Å²) in [5.41, 5.74) is 2.62. The second-order valence-corrected chi connectivity index (χ2v) is 16.5. The van der Waals surface area contributed by atoms with E-state index in [0.717, 1.165) is 45.5 Å². The smallest absolute Gasteiger partial charge is 0.266 e. The number of hydrogen-bond donors (Lipinski definition) is 0. The van der Waals surface area contributed by atoms with E-state index in [2.05, 4.69) is 50.6 Å². The molecule has 3 heterocycles. The van der Waals surface area contributed by atoms with Crippen LogP contribution in [0.15, 0.2) is 64.6 Å². The van der Waals surface area contributed by atoms with E-state index in [1.165, 1.54) is 0 Å². The molecular formula is C25H30BrF2N5OSi. The highest BCUT2D eigenvalue weighted by atomic mass is 79.9. The molecule has 186 valence electrons. The third-order valence-electron chi connectivity index (χ3n) is 6.03. The Labute approximate surface area is 213 Å². The van der Waals surface area contributed by atoms with E-state index in [-0.39, 0.29) is 18.4 Å². The second-order valence-electron chi connectivity index (χ2n) is 9.92. The Hall–Kier alpha value is -2.43. The molecule has 0 amide bonds. The molecule has 4 rings (SSSR count). The van der Waals surface area contributed by atoms with Crippen molar-refractivity contribution in [3.63, 3.8) is 0 Å². The van der Waals surface area contributed by atoms with Crippen molar-refractivity contribution in [2.24, 2.45) is 5.10 Å². The van der Waals surface area contributed by atoms with E-state index in [4.69, 9.17) is 4.74 Å². The van der Waals surface area contributed by atoms with Crippen molar-refractivity contribution < 1.29 is 13.5 Å². The predicted octanol–water partition coefficient (Wildman–Crippen LogP) is 6.80. The Morgan fingerprint density at radius 3 is 2.83 bits per heavy atom. The first-order valence-electron chi connectivity index (χ1n) is 11.7. The van der Waals surface area contributed by atoms with Gasteiger partial charge in [-0.25, -0.2) is 9.97 Å². The normalized spacial score (nSPS) is 16.7. The summed E-state index contributed by atoms with van der Waals surface area (Å²) in [6, 6.07) is 10.5. The highest BCUT2D eigenvalue weighted by Gasteiger charge is 2.29. The summed E-state index contributed by atoms with van der Waals surface area (Å²) in [5.74, 6) is -0.0713. The van der Waals surface area contributed by atoms with Crippen molar-refractivity contribution in [3.8, 4) is 0 Å². The van der Waals surface area contributed by atoms with Gasteiger partial charge in [-0.15, -0.1) is 0 Å². The second kappa shape index (κ2) is 11.1. The van der Waals surface area contributed by atoms with Gasteiger partial charge < -0.3 is 9.30 Å². The summed E-state index contributed by atoms with van der Waals surface area (Å²) in [4.78, 5) is 9.06. The fraction of sp³-hybridized carbons (Fsp3) is 0.400. The molecule has 0 spiro atoms. The van der Waals surface area contributed by atoms with Gasteiger partial charge in [-0.05, 0) is 42.3 Å². The maximum Gasteiger partial charge on any atom is 0.266 e. The average molecular weight is 563 g/mol. The van der Waals surface area contributed by atoms with E-state index in [1.807, 2.05) is 52.3 Å². The molecule has 3 aromatic rings. The van der Waals surface area contributed by atoms with Crippen molar-refractivity contribution in [2.45, 2.75) is 50.8 Å². The number of nitrogens with zero attached hydrogens (tertiary/aromatic N) is 5. The van der Waals surface area contributed by atoms with Crippen LogP contribution in [0.3, 0.4) is 0 Å². The first-order valence-corrected chi connectivity index (χ1v) is 16.2. The standard InChI is InChI=1S/C25H30BrF2N5OSi/c1-35(2,3)12-11-34-17-32-10-9-21-24(29-16-30-25(21)32)19-14-31-33(15-19)22(7-8-23(27)28)18-5-4-6-20(26)13-18/h4-6,8-10,13-14,16,19,22H,7,11-12,15,17H2,1-3H3. The quantitative estimate of drug-likeness (QED) is 0.201. The molecule has 0 N–H and O–H groups in total. The Morgan fingerprint density at radius 2 is 2.09 bits per heavy atom. The lowest BCUT2D eigenvalue weighted by Crippen LogP contribution is -2.24. The zero-order chi connectivity index (χ0) is 25.0. The van der Waals surface area contributed by atoms with Crippen LogP contribution in [0.2, 0.25) is 25.7 Å². The van der Waals surface area contributed by atoms with Crippen LogP contribution in [-0.4, -0.2) is 47.0 Å². The molecule has 1 aromatic carbocycles. The van der Waals surface area contributed by atoms with Crippen LogP contribution in [0, 0.1) is 0 Å². The lowest BCUT2D eigenvalue weighted by Gasteiger charge is -2.27. The topological polar surface area (TPSA) is 55.5 Å². The first kappa shape index (κ1) is 25.7. The maximum absolute atomic E-state index is 12.9. The molecular weight excluding hydrogens is 532 g/mol. The third-order valence-corrected chi connectivity index (χ3v) is 8.23. The summed E-state index contributed by atoms with van der Waals surface area (Å²) < 4.78 is 34.7. The van der Waals surface area contributed by atoms with E-state index in [9.17, 15) is 8.78 Å². The van der Waals surface area contributed by atoms with Gasteiger partial charge in [0.15, 0.2) is 0 Å². The number of ether oxygens (including phenoxy) is 1. The lowest BCUT2D eigenvalue weighted by molar-refractivity contribution is 0.0899. The number of fused-ring (bicyclic) bond motifs is 1. The van der Waals surface area contributed by atoms with Crippen LogP contribution in [0.5, 0.6) is 0 Å². The van der Waals surface area contributed by atoms with Crippen molar-refractivity contribution in [2.75, 3.05) is 13.2 Å². The number of hydrazone groups is 1. The molecule has 2 atom stereocenters. The van der Waals surface area contributed by atoms with Crippen molar-refractivity contribution >= 4 is 41.3 Å². The van der Waals surface area contributed by atoms with Crippen molar-refractivity contribution in [3.05, 3.63) is 70.7 Å². The van der Waals surface area contributed by atoms with Crippen LogP contribution in [0.4, 0.5) is 8.78 Å². The van der Waals surface area contributed by atoms with Gasteiger partial charge in [0.05, 0.1) is 24.2 Å². The monoisotopic (exact) mass is 561 g/mol. The molecule has 6 nitrogen and oxygen atoms in total. The van der Waals surface area contributed by atoms with Gasteiger partial charge in [-0.2, -0.15) is 13.9 Å². The Bertz CT molecular complexity index is 1220. The third kappa shape index (κ3) is 6.62. The van der Waals surface area contributed by atoms with Gasteiger partial charge in [0, 0.05) is 37.0 Å². The van der Waals surface area contributed by atoms with Crippen LogP contribution in [-0.2, 0) is 11.5 Å². The number of hydrogen-bond acceptors (Lipinski definition) is 5. The zero-order valence-electron chi connectivity index (χ0n) is 20.2. The van der Waals surface area contributed by atoms with Crippen LogP contribution in [0.1, 0.15) is 29.6 Å². The van der Waals surface area contributed by atoms with E-state index in [1.54, 1.807) is 6.33 Å². The molecule has 0 saturated carbocycles. The predicted molar refractivity (Wildman–Crippen MR) is 141 cm³/mol. The van der Waals surface area contributed by atoms with Crippen LogP contribution >= 0.6 is 15.9 Å². The number of aromatic nitrogens is 3. The summed E-state index contributed by atoms with van der Waals surface area (Å²) in [5, 5.41) is 7.43. The summed E-state index contributed by atoms with van der Waals surface area (Å²) in [7, 11) is -1.14. The minimum Gasteiger partial charge on any atom is -0.361 e. The summed E-state index contributed by atoms with van der Waals surface area (Å²) in [6.45, 7) is 8.73. The molecule has 0 bridgehead atoms. The Kier molecular flexibility index (Phi) is 8.13. The first-order chi connectivity index (χ1) is 16.7. The van der Waals surface area contributed by atoms with Gasteiger partial charge in [0.25, 0.3) is 6.08 Å². The number of benzene rings is 1. The van der Waals surface area contributed by atoms with Crippen LogP contribution in [0.25, 0.3) is 11.0 Å². The molecule has 0 aliphatic carbocycles. The van der Waals surface area contributed by atoms with Gasteiger partial charge >= 0.3 is 0 Å². The highest BCUT2D eigenvalue weighted by Crippen LogP contribution is 2.34. The van der Waals surface area contributed by atoms with Crippen molar-refractivity contribution in [1.82, 2.24) is 19.5 Å². The molecule has 35 heavy (non-hydrogen) atoms. The molecule has 1 aliphatic rings. The molecule has 2 aromatic heterocycles. The van der Waals surface area contributed by atoms with E-state index in [0.29, 0.717) is 13.3 Å². The van der Waals surface area contributed by atoms with Gasteiger partial charge in [-0.3, -0.25) is 5.01 Å². The SMILES string of the molecule is C[Si](C)(C)CCOCn1ccc2c(C3C=NN(C(CC=C(F)F)c4cccc(Br)c4)C3)ncnc21. The number of rotatable bonds is 10. The minimum absolute atomic E-state index is 0.0713. The lowest BCUT2D eigenvalue weighted by atomic mass is 10.0. The Balaban J connectivity index is 1.51. The average Bonchev–Trinajstić information content (AvgIpc) is 3.44. The molecule has 10 heteroatoms. The Morgan fingerprint density at radius 1 is 1.26 bits per heavy atom. The molecule has 1 aliphatic heterocycles. The minimum atomic E-state index is -1.68. The van der Waals surface area contributed by atoms with Crippen molar-refractivity contribution in [1.29, 1.82) is 0 Å². The molecule has 0 radical (unpaired) electrons. The van der Waals surface area contributed by atoms with E-state index >= 15 is 0 Å².